The first-order chi connectivity index (χ1) is 12.3. The molecule has 0 aliphatic carbocycles. The predicted octanol–water partition coefficient (Wildman–Crippen LogP) is 6.64. The van der Waals surface area contributed by atoms with Crippen molar-refractivity contribution in [3.63, 3.8) is 0 Å². The highest BCUT2D eigenvalue weighted by Gasteiger charge is 2.13. The van der Waals surface area contributed by atoms with Crippen LogP contribution in [-0.4, -0.2) is 0 Å². The molecule has 5 rings (SSSR count). The zero-order chi connectivity index (χ0) is 16.8. The zero-order valence-corrected chi connectivity index (χ0v) is 13.9. The Hall–Kier alpha value is -3.18. The summed E-state index contributed by atoms with van der Waals surface area (Å²) in [5, 5.41) is 4.38. The molecule has 0 bridgehead atoms. The fourth-order valence-electron chi connectivity index (χ4n) is 3.36. The summed E-state index contributed by atoms with van der Waals surface area (Å²) in [6.07, 6.45) is 1.99. The van der Waals surface area contributed by atoms with Gasteiger partial charge in [0.05, 0.1) is 0 Å². The van der Waals surface area contributed by atoms with Gasteiger partial charge in [-0.3, -0.25) is 0 Å². The van der Waals surface area contributed by atoms with Gasteiger partial charge in [0.15, 0.2) is 0 Å². The van der Waals surface area contributed by atoms with E-state index < -0.39 is 0 Å². The van der Waals surface area contributed by atoms with Crippen LogP contribution in [0.15, 0.2) is 63.4 Å². The highest BCUT2D eigenvalue weighted by molar-refractivity contribution is 6.14. The summed E-state index contributed by atoms with van der Waals surface area (Å²) in [7, 11) is 0. The van der Waals surface area contributed by atoms with Crippen molar-refractivity contribution >= 4 is 43.9 Å². The average molecular weight is 324 g/mol. The fraction of sp³-hybridized carbons (Fsp3) is 0.130. The van der Waals surface area contributed by atoms with Crippen LogP contribution in [0.4, 0.5) is 0 Å². The molecule has 5 aromatic rings. The smallest absolute Gasteiger partial charge is 0.136 e. The Labute approximate surface area is 145 Å². The first-order valence-corrected chi connectivity index (χ1v) is 8.60. The molecule has 0 fully saturated rings. The Morgan fingerprint density at radius 2 is 1.40 bits per heavy atom. The third-order valence-electron chi connectivity index (χ3n) is 4.58. The van der Waals surface area contributed by atoms with Crippen LogP contribution in [0.1, 0.15) is 25.3 Å². The van der Waals surface area contributed by atoms with Crippen LogP contribution in [-0.2, 0) is 0 Å². The molecular weight excluding hydrogens is 308 g/mol. The lowest BCUT2D eigenvalue weighted by Gasteiger charge is -1.92. The molecule has 0 amide bonds. The standard InChI is InChI=1S/C23H16O2/c1-2-3-4-7-15-10-11-17-19-14-22-18(13-23(19)25-21(17)12-15)16-8-5-6-9-20(16)24-22/h5-6,8-14H,2-3H2,1H3. The fourth-order valence-corrected chi connectivity index (χ4v) is 3.36. The third-order valence-corrected chi connectivity index (χ3v) is 4.58. The van der Waals surface area contributed by atoms with E-state index in [4.69, 9.17) is 8.83 Å². The summed E-state index contributed by atoms with van der Waals surface area (Å²) < 4.78 is 12.1. The largest absolute Gasteiger partial charge is 0.456 e. The Kier molecular flexibility index (Phi) is 3.08. The van der Waals surface area contributed by atoms with Gasteiger partial charge in [0.25, 0.3) is 0 Å². The van der Waals surface area contributed by atoms with Gasteiger partial charge in [-0.1, -0.05) is 37.0 Å². The van der Waals surface area contributed by atoms with E-state index in [0.717, 1.165) is 62.3 Å². The minimum atomic E-state index is 0.871. The average Bonchev–Trinajstić information content (AvgIpc) is 3.17. The lowest BCUT2D eigenvalue weighted by molar-refractivity contribution is 0.664. The number of hydrogen-bond donors (Lipinski definition) is 0. The SMILES string of the molecule is CCCC#Cc1ccc2c(c1)oc1cc3c(cc12)oc1ccccc13. The van der Waals surface area contributed by atoms with E-state index in [1.165, 1.54) is 0 Å². The predicted molar refractivity (Wildman–Crippen MR) is 103 cm³/mol. The van der Waals surface area contributed by atoms with Gasteiger partial charge in [0.1, 0.15) is 22.3 Å². The molecule has 0 saturated carbocycles. The molecule has 2 nitrogen and oxygen atoms in total. The number of fused-ring (bicyclic) bond motifs is 6. The van der Waals surface area contributed by atoms with E-state index in [1.54, 1.807) is 0 Å². The van der Waals surface area contributed by atoms with Gasteiger partial charge in [-0.15, -0.1) is 0 Å². The molecule has 3 aromatic carbocycles. The molecule has 2 heterocycles. The molecule has 2 heteroatoms. The first kappa shape index (κ1) is 14.2. The number of unbranched alkanes of at least 4 members (excludes halogenated alkanes) is 1. The maximum Gasteiger partial charge on any atom is 0.136 e. The summed E-state index contributed by atoms with van der Waals surface area (Å²) in [6, 6.07) is 18.4. The van der Waals surface area contributed by atoms with Crippen LogP contribution in [0.3, 0.4) is 0 Å². The van der Waals surface area contributed by atoms with Crippen LogP contribution in [0, 0.1) is 11.8 Å². The van der Waals surface area contributed by atoms with Crippen LogP contribution in [0.25, 0.3) is 43.9 Å². The normalized spacial score (nSPS) is 11.4. The van der Waals surface area contributed by atoms with Crippen LogP contribution in [0.2, 0.25) is 0 Å². The van der Waals surface area contributed by atoms with Gasteiger partial charge in [0.2, 0.25) is 0 Å². The molecule has 120 valence electrons. The Morgan fingerprint density at radius 1 is 0.720 bits per heavy atom. The second kappa shape index (κ2) is 5.43. The van der Waals surface area contributed by atoms with Crippen molar-refractivity contribution in [3.8, 4) is 11.8 Å². The van der Waals surface area contributed by atoms with Crippen molar-refractivity contribution < 1.29 is 8.83 Å². The molecule has 0 aliphatic heterocycles. The van der Waals surface area contributed by atoms with E-state index >= 15 is 0 Å². The highest BCUT2D eigenvalue weighted by atomic mass is 16.3. The maximum absolute atomic E-state index is 6.12. The van der Waals surface area contributed by atoms with E-state index in [1.807, 2.05) is 24.3 Å². The second-order valence-electron chi connectivity index (χ2n) is 6.31. The molecule has 2 aromatic heterocycles. The summed E-state index contributed by atoms with van der Waals surface area (Å²) >= 11 is 0. The molecule has 25 heavy (non-hydrogen) atoms. The Balaban J connectivity index is 1.75. The van der Waals surface area contributed by atoms with Gasteiger partial charge in [-0.2, -0.15) is 0 Å². The Bertz CT molecular complexity index is 1310. The van der Waals surface area contributed by atoms with Crippen molar-refractivity contribution in [3.05, 3.63) is 60.2 Å². The minimum absolute atomic E-state index is 0.871. The summed E-state index contributed by atoms with van der Waals surface area (Å²) in [5.74, 6) is 6.39. The van der Waals surface area contributed by atoms with Crippen LogP contribution in [0.5, 0.6) is 0 Å². The minimum Gasteiger partial charge on any atom is -0.456 e. The van der Waals surface area contributed by atoms with Crippen molar-refractivity contribution in [1.29, 1.82) is 0 Å². The van der Waals surface area contributed by atoms with Crippen LogP contribution >= 0.6 is 0 Å². The number of furan rings is 2. The quantitative estimate of drug-likeness (QED) is 0.323. The van der Waals surface area contributed by atoms with Crippen molar-refractivity contribution in [1.82, 2.24) is 0 Å². The van der Waals surface area contributed by atoms with Gasteiger partial charge in [-0.05, 0) is 42.8 Å². The van der Waals surface area contributed by atoms with E-state index in [9.17, 15) is 0 Å². The summed E-state index contributed by atoms with van der Waals surface area (Å²) in [4.78, 5) is 0. The number of para-hydroxylation sites is 1. The second-order valence-corrected chi connectivity index (χ2v) is 6.31. The molecule has 0 aliphatic rings. The molecule has 0 saturated heterocycles. The van der Waals surface area contributed by atoms with E-state index in [2.05, 4.69) is 49.1 Å². The van der Waals surface area contributed by atoms with E-state index in [-0.39, 0.29) is 0 Å². The molecule has 0 radical (unpaired) electrons. The number of hydrogen-bond acceptors (Lipinski definition) is 2. The van der Waals surface area contributed by atoms with Crippen LogP contribution < -0.4 is 0 Å². The maximum atomic E-state index is 6.12. The number of benzene rings is 3. The lowest BCUT2D eigenvalue weighted by Crippen LogP contribution is -1.74. The van der Waals surface area contributed by atoms with Crippen molar-refractivity contribution in [2.75, 3.05) is 0 Å². The molecule has 0 atom stereocenters. The van der Waals surface area contributed by atoms with Crippen molar-refractivity contribution in [2.45, 2.75) is 19.8 Å². The third kappa shape index (κ3) is 2.21. The van der Waals surface area contributed by atoms with Gasteiger partial charge >= 0.3 is 0 Å². The molecular formula is C23H16O2. The zero-order valence-electron chi connectivity index (χ0n) is 13.9. The molecule has 0 spiro atoms. The Morgan fingerprint density at radius 3 is 2.20 bits per heavy atom. The van der Waals surface area contributed by atoms with Crippen molar-refractivity contribution in [2.24, 2.45) is 0 Å². The van der Waals surface area contributed by atoms with E-state index in [0.29, 0.717) is 0 Å². The van der Waals surface area contributed by atoms with Gasteiger partial charge < -0.3 is 8.83 Å². The molecule has 0 N–H and O–H groups in total. The summed E-state index contributed by atoms with van der Waals surface area (Å²) in [5.41, 5.74) is 4.54. The van der Waals surface area contributed by atoms with Gasteiger partial charge in [0, 0.05) is 33.5 Å². The summed E-state index contributed by atoms with van der Waals surface area (Å²) in [6.45, 7) is 2.14. The topological polar surface area (TPSA) is 26.3 Å². The highest BCUT2D eigenvalue weighted by Crippen LogP contribution is 2.36. The first-order valence-electron chi connectivity index (χ1n) is 8.60. The monoisotopic (exact) mass is 324 g/mol. The number of rotatable bonds is 1. The lowest BCUT2D eigenvalue weighted by atomic mass is 10.1. The molecule has 0 unspecified atom stereocenters. The van der Waals surface area contributed by atoms with Gasteiger partial charge in [-0.25, -0.2) is 0 Å².